The molecule has 0 aliphatic heterocycles. The van der Waals surface area contributed by atoms with Crippen molar-refractivity contribution < 1.29 is 0 Å². The van der Waals surface area contributed by atoms with Gasteiger partial charge in [-0.25, -0.2) is 0 Å². The van der Waals surface area contributed by atoms with Crippen molar-refractivity contribution in [3.8, 4) is 33.4 Å². The van der Waals surface area contributed by atoms with Crippen LogP contribution in [0.2, 0.25) is 0 Å². The van der Waals surface area contributed by atoms with E-state index in [1.807, 2.05) is 0 Å². The van der Waals surface area contributed by atoms with Gasteiger partial charge in [-0.05, 0) is 105 Å². The zero-order valence-electron chi connectivity index (χ0n) is 27.1. The summed E-state index contributed by atoms with van der Waals surface area (Å²) in [6.07, 6.45) is 0. The molecule has 6 aromatic carbocycles. The molecule has 0 saturated carbocycles. The molecule has 6 aromatic rings. The molecule has 0 radical (unpaired) electrons. The van der Waals surface area contributed by atoms with Crippen LogP contribution in [0.3, 0.4) is 0 Å². The molecule has 0 spiro atoms. The van der Waals surface area contributed by atoms with Crippen LogP contribution in [-0.2, 0) is 10.8 Å². The Morgan fingerprint density at radius 3 is 1.87 bits per heavy atom. The lowest BCUT2D eigenvalue weighted by atomic mass is 9.79. The van der Waals surface area contributed by atoms with E-state index in [9.17, 15) is 0 Å². The van der Waals surface area contributed by atoms with Gasteiger partial charge in [0.15, 0.2) is 0 Å². The highest BCUT2D eigenvalue weighted by Gasteiger charge is 2.41. The van der Waals surface area contributed by atoms with Gasteiger partial charge in [-0.2, -0.15) is 0 Å². The molecular formula is C44H39N. The molecule has 2 aliphatic rings. The van der Waals surface area contributed by atoms with E-state index in [-0.39, 0.29) is 10.8 Å². The van der Waals surface area contributed by atoms with Crippen LogP contribution in [0, 0.1) is 13.8 Å². The first-order valence-electron chi connectivity index (χ1n) is 16.1. The predicted octanol–water partition coefficient (Wildman–Crippen LogP) is 12.1. The van der Waals surface area contributed by atoms with E-state index in [1.54, 1.807) is 0 Å². The normalized spacial score (nSPS) is 14.8. The number of anilines is 3. The molecule has 45 heavy (non-hydrogen) atoms. The molecule has 220 valence electrons. The second-order valence-corrected chi connectivity index (χ2v) is 14.0. The summed E-state index contributed by atoms with van der Waals surface area (Å²) in [6, 6.07) is 47.4. The summed E-state index contributed by atoms with van der Waals surface area (Å²) in [5.74, 6) is 0. The fraction of sp³-hybridized carbons (Fsp3) is 0.182. The Kier molecular flexibility index (Phi) is 6.03. The van der Waals surface area contributed by atoms with Gasteiger partial charge in [0, 0.05) is 22.2 Å². The molecule has 0 saturated heterocycles. The van der Waals surface area contributed by atoms with Crippen LogP contribution in [0.1, 0.15) is 61.1 Å². The topological polar surface area (TPSA) is 3.24 Å². The van der Waals surface area contributed by atoms with Gasteiger partial charge in [-0.1, -0.05) is 130 Å². The van der Waals surface area contributed by atoms with E-state index < -0.39 is 0 Å². The highest BCUT2D eigenvalue weighted by Crippen LogP contribution is 2.56. The Morgan fingerprint density at radius 2 is 1.09 bits per heavy atom. The summed E-state index contributed by atoms with van der Waals surface area (Å²) in [5.41, 5.74) is 19.6. The molecule has 0 atom stereocenters. The van der Waals surface area contributed by atoms with Crippen molar-refractivity contribution in [2.24, 2.45) is 0 Å². The molecule has 0 heterocycles. The minimum atomic E-state index is -0.145. The van der Waals surface area contributed by atoms with E-state index in [0.717, 1.165) is 5.69 Å². The second-order valence-electron chi connectivity index (χ2n) is 14.0. The minimum absolute atomic E-state index is 0.0758. The molecule has 0 bridgehead atoms. The number of nitrogens with zero attached hydrogens (tertiary/aromatic N) is 1. The van der Waals surface area contributed by atoms with Crippen molar-refractivity contribution in [3.63, 3.8) is 0 Å². The van der Waals surface area contributed by atoms with Crippen molar-refractivity contribution in [2.45, 2.75) is 52.4 Å². The zero-order valence-corrected chi connectivity index (χ0v) is 27.1. The first-order valence-corrected chi connectivity index (χ1v) is 16.1. The quantitative estimate of drug-likeness (QED) is 0.200. The molecule has 0 N–H and O–H groups in total. The maximum absolute atomic E-state index is 2.50. The fourth-order valence-corrected chi connectivity index (χ4v) is 8.43. The van der Waals surface area contributed by atoms with Gasteiger partial charge in [0.2, 0.25) is 0 Å². The Balaban J connectivity index is 1.36. The summed E-state index contributed by atoms with van der Waals surface area (Å²) in [4.78, 5) is 2.50. The van der Waals surface area contributed by atoms with Crippen LogP contribution in [0.5, 0.6) is 0 Å². The van der Waals surface area contributed by atoms with Crippen molar-refractivity contribution in [1.82, 2.24) is 0 Å². The van der Waals surface area contributed by atoms with Crippen LogP contribution < -0.4 is 4.90 Å². The third-order valence-electron chi connectivity index (χ3n) is 10.4. The molecule has 2 aliphatic carbocycles. The molecule has 8 rings (SSSR count). The lowest BCUT2D eigenvalue weighted by molar-refractivity contribution is 0.655. The fourth-order valence-electron chi connectivity index (χ4n) is 8.43. The lowest BCUT2D eigenvalue weighted by Crippen LogP contribution is -2.22. The molecule has 1 nitrogen and oxygen atoms in total. The van der Waals surface area contributed by atoms with Crippen LogP contribution in [-0.4, -0.2) is 0 Å². The van der Waals surface area contributed by atoms with E-state index in [0.29, 0.717) is 0 Å². The number of benzene rings is 6. The summed E-state index contributed by atoms with van der Waals surface area (Å²) in [5, 5.41) is 0. The van der Waals surface area contributed by atoms with Crippen LogP contribution in [0.15, 0.2) is 127 Å². The molecule has 0 aromatic heterocycles. The molecular weight excluding hydrogens is 542 g/mol. The number of hydrogen-bond acceptors (Lipinski definition) is 1. The third kappa shape index (κ3) is 4.07. The number of hydrogen-bond donors (Lipinski definition) is 0. The SMILES string of the molecule is Cc1cc(C)c2c(c1)-c1cccc(N(c3ccc(-c4ccccc4)cc3)c3ccc4c(c3)C(C)(C)c3ccccc3-4)c1C2(C)C. The van der Waals surface area contributed by atoms with Crippen molar-refractivity contribution in [1.29, 1.82) is 0 Å². The van der Waals surface area contributed by atoms with E-state index in [4.69, 9.17) is 0 Å². The standard InChI is InChI=1S/C44H39N/c1-28-25-29(2)41-37(26-28)36-16-12-18-40(42(36)44(41,5)6)45(32-21-19-31(20-22-32)30-13-8-7-9-14-30)33-23-24-35-34-15-10-11-17-38(34)43(3,4)39(35)27-33/h7-27H,1-6H3. The average molecular weight is 582 g/mol. The Bertz CT molecular complexity index is 2110. The first-order chi connectivity index (χ1) is 21.7. The van der Waals surface area contributed by atoms with E-state index in [2.05, 4.69) is 174 Å². The second kappa shape index (κ2) is 9.81. The predicted molar refractivity (Wildman–Crippen MR) is 191 cm³/mol. The first kappa shape index (κ1) is 27.7. The van der Waals surface area contributed by atoms with Crippen LogP contribution in [0.25, 0.3) is 33.4 Å². The van der Waals surface area contributed by atoms with Crippen molar-refractivity contribution in [3.05, 3.63) is 161 Å². The van der Waals surface area contributed by atoms with Gasteiger partial charge in [0.1, 0.15) is 0 Å². The van der Waals surface area contributed by atoms with Gasteiger partial charge >= 0.3 is 0 Å². The average Bonchev–Trinajstić information content (AvgIpc) is 3.42. The highest BCUT2D eigenvalue weighted by atomic mass is 15.1. The number of rotatable bonds is 4. The third-order valence-corrected chi connectivity index (χ3v) is 10.4. The maximum Gasteiger partial charge on any atom is 0.0508 e. The van der Waals surface area contributed by atoms with Gasteiger partial charge < -0.3 is 4.90 Å². The van der Waals surface area contributed by atoms with Crippen molar-refractivity contribution in [2.75, 3.05) is 4.90 Å². The highest BCUT2D eigenvalue weighted by molar-refractivity contribution is 5.92. The van der Waals surface area contributed by atoms with Crippen LogP contribution in [0.4, 0.5) is 17.1 Å². The summed E-state index contributed by atoms with van der Waals surface area (Å²) < 4.78 is 0. The largest absolute Gasteiger partial charge is 0.310 e. The smallest absolute Gasteiger partial charge is 0.0508 e. The lowest BCUT2D eigenvalue weighted by Gasteiger charge is -2.33. The Morgan fingerprint density at radius 1 is 0.444 bits per heavy atom. The van der Waals surface area contributed by atoms with E-state index >= 15 is 0 Å². The molecule has 1 heteroatoms. The summed E-state index contributed by atoms with van der Waals surface area (Å²) >= 11 is 0. The van der Waals surface area contributed by atoms with Gasteiger partial charge in [-0.15, -0.1) is 0 Å². The van der Waals surface area contributed by atoms with Gasteiger partial charge in [0.05, 0.1) is 5.69 Å². The summed E-state index contributed by atoms with van der Waals surface area (Å²) in [6.45, 7) is 14.0. The molecule has 0 amide bonds. The van der Waals surface area contributed by atoms with Crippen molar-refractivity contribution >= 4 is 17.1 Å². The zero-order chi connectivity index (χ0) is 31.1. The number of aryl methyl sites for hydroxylation is 2. The maximum atomic E-state index is 2.50. The van der Waals surface area contributed by atoms with E-state index in [1.165, 1.54) is 78.1 Å². The summed E-state index contributed by atoms with van der Waals surface area (Å²) in [7, 11) is 0. The van der Waals surface area contributed by atoms with Gasteiger partial charge in [-0.3, -0.25) is 0 Å². The minimum Gasteiger partial charge on any atom is -0.310 e. The molecule has 0 fully saturated rings. The number of fused-ring (bicyclic) bond motifs is 6. The van der Waals surface area contributed by atoms with Gasteiger partial charge in [0.25, 0.3) is 0 Å². The Hall–Kier alpha value is -4.88. The van der Waals surface area contributed by atoms with Crippen LogP contribution >= 0.6 is 0 Å². The Labute approximate surface area is 267 Å². The monoisotopic (exact) mass is 581 g/mol. The molecule has 0 unspecified atom stereocenters.